The highest BCUT2D eigenvalue weighted by Gasteiger charge is 2.44. The van der Waals surface area contributed by atoms with Crippen molar-refractivity contribution in [2.24, 2.45) is 0 Å². The summed E-state index contributed by atoms with van der Waals surface area (Å²) in [6, 6.07) is 11.6. The van der Waals surface area contributed by atoms with Crippen molar-refractivity contribution in [3.05, 3.63) is 69.2 Å². The number of halogens is 2. The van der Waals surface area contributed by atoms with Gasteiger partial charge in [0.25, 0.3) is 0 Å². The molecule has 0 spiro atoms. The maximum absolute atomic E-state index is 12.5. The number of aryl methyl sites for hydroxylation is 1. The SMILES string of the molecule is CCc1ccc(Cc2cc([C@@H]3O[C@H](CO)[C@@H](O)[C@H](O)[C@H]3O)c(COCCF)cc2Cl)cc1. The molecule has 2 aromatic carbocycles. The van der Waals surface area contributed by atoms with Crippen molar-refractivity contribution in [3.8, 4) is 0 Å². The van der Waals surface area contributed by atoms with Gasteiger partial charge in [-0.25, -0.2) is 4.39 Å². The molecule has 1 fully saturated rings. The minimum absolute atomic E-state index is 0.0273. The molecule has 0 saturated carbocycles. The molecule has 0 radical (unpaired) electrons. The number of hydrogen-bond donors (Lipinski definition) is 4. The Morgan fingerprint density at radius 3 is 2.31 bits per heavy atom. The monoisotopic (exact) mass is 468 g/mol. The van der Waals surface area contributed by atoms with Crippen LogP contribution in [0, 0.1) is 0 Å². The van der Waals surface area contributed by atoms with Crippen LogP contribution in [0.25, 0.3) is 0 Å². The highest BCUT2D eigenvalue weighted by Crippen LogP contribution is 2.37. The smallest absolute Gasteiger partial charge is 0.113 e. The van der Waals surface area contributed by atoms with Crippen LogP contribution in [-0.2, 0) is 28.9 Å². The van der Waals surface area contributed by atoms with Gasteiger partial charge in [0.05, 0.1) is 19.8 Å². The van der Waals surface area contributed by atoms with Gasteiger partial charge < -0.3 is 29.9 Å². The standard InChI is InChI=1S/C24H30ClFO6/c1-2-14-3-5-15(6-4-14)9-16-10-18(17(11-19(16)25)13-31-8-7-26)24-23(30)22(29)21(28)20(12-27)32-24/h3-6,10-11,20-24,27-30H,2,7-9,12-13H2,1H3/t20-,21-,22+,23-,24+/m1/s1. The average molecular weight is 469 g/mol. The summed E-state index contributed by atoms with van der Waals surface area (Å²) in [5.41, 5.74) is 4.12. The largest absolute Gasteiger partial charge is 0.394 e. The van der Waals surface area contributed by atoms with Crippen LogP contribution < -0.4 is 0 Å². The van der Waals surface area contributed by atoms with Gasteiger partial charge in [-0.05, 0) is 46.7 Å². The molecule has 3 rings (SSSR count). The first kappa shape index (κ1) is 25.1. The van der Waals surface area contributed by atoms with E-state index in [4.69, 9.17) is 21.1 Å². The molecule has 5 atom stereocenters. The predicted molar refractivity (Wildman–Crippen MR) is 118 cm³/mol. The van der Waals surface area contributed by atoms with Crippen molar-refractivity contribution in [1.82, 2.24) is 0 Å². The Labute approximate surface area is 192 Å². The van der Waals surface area contributed by atoms with Gasteiger partial charge in [0.15, 0.2) is 0 Å². The fraction of sp³-hybridized carbons (Fsp3) is 0.500. The molecule has 0 amide bonds. The van der Waals surface area contributed by atoms with E-state index in [-0.39, 0.29) is 13.2 Å². The van der Waals surface area contributed by atoms with Crippen LogP contribution in [0.4, 0.5) is 4.39 Å². The Morgan fingerprint density at radius 2 is 1.69 bits per heavy atom. The van der Waals surface area contributed by atoms with Gasteiger partial charge in [-0.3, -0.25) is 0 Å². The van der Waals surface area contributed by atoms with Gasteiger partial charge >= 0.3 is 0 Å². The van der Waals surface area contributed by atoms with Crippen LogP contribution in [0.5, 0.6) is 0 Å². The number of ether oxygens (including phenoxy) is 2. The van der Waals surface area contributed by atoms with Crippen molar-refractivity contribution < 1.29 is 34.3 Å². The molecule has 1 aliphatic rings. The number of hydrogen-bond acceptors (Lipinski definition) is 6. The number of benzene rings is 2. The van der Waals surface area contributed by atoms with E-state index in [1.54, 1.807) is 12.1 Å². The zero-order chi connectivity index (χ0) is 23.3. The lowest BCUT2D eigenvalue weighted by molar-refractivity contribution is -0.232. The van der Waals surface area contributed by atoms with Crippen LogP contribution >= 0.6 is 11.6 Å². The summed E-state index contributed by atoms with van der Waals surface area (Å²) in [6.45, 7) is 0.841. The molecule has 1 saturated heterocycles. The summed E-state index contributed by atoms with van der Waals surface area (Å²) >= 11 is 6.54. The van der Waals surface area contributed by atoms with E-state index in [0.29, 0.717) is 22.6 Å². The highest BCUT2D eigenvalue weighted by atomic mass is 35.5. The molecular formula is C24H30ClFO6. The van der Waals surface area contributed by atoms with Crippen molar-refractivity contribution >= 4 is 11.6 Å². The summed E-state index contributed by atoms with van der Waals surface area (Å²) in [7, 11) is 0. The van der Waals surface area contributed by atoms with Crippen molar-refractivity contribution in [1.29, 1.82) is 0 Å². The molecule has 8 heteroatoms. The molecule has 0 unspecified atom stereocenters. The summed E-state index contributed by atoms with van der Waals surface area (Å²) in [6.07, 6.45) is -5.01. The number of alkyl halides is 1. The Kier molecular flexibility index (Phi) is 9.02. The Bertz CT molecular complexity index is 876. The second kappa shape index (κ2) is 11.5. The molecule has 0 aromatic heterocycles. The van der Waals surface area contributed by atoms with Crippen LogP contribution in [0.3, 0.4) is 0 Å². The third-order valence-corrected chi connectivity index (χ3v) is 6.16. The topological polar surface area (TPSA) is 99.4 Å². The molecule has 2 aromatic rings. The molecule has 0 bridgehead atoms. The number of rotatable bonds is 9. The van der Waals surface area contributed by atoms with Crippen LogP contribution in [0.2, 0.25) is 5.02 Å². The van der Waals surface area contributed by atoms with E-state index in [1.165, 1.54) is 5.56 Å². The summed E-state index contributed by atoms with van der Waals surface area (Å²) in [5, 5.41) is 41.0. The minimum atomic E-state index is -1.51. The van der Waals surface area contributed by atoms with Gasteiger partial charge in [0.1, 0.15) is 37.2 Å². The maximum atomic E-state index is 12.5. The molecule has 6 nitrogen and oxygen atoms in total. The Hall–Kier alpha value is -1.58. The van der Waals surface area contributed by atoms with Crippen molar-refractivity contribution in [2.75, 3.05) is 19.9 Å². The lowest BCUT2D eigenvalue weighted by Crippen LogP contribution is -2.55. The zero-order valence-electron chi connectivity index (χ0n) is 18.0. The third-order valence-electron chi connectivity index (χ3n) is 5.81. The normalized spacial score (nSPS) is 25.8. The molecule has 176 valence electrons. The van der Waals surface area contributed by atoms with Gasteiger partial charge in [0.2, 0.25) is 0 Å². The van der Waals surface area contributed by atoms with Crippen molar-refractivity contribution in [2.45, 2.75) is 56.9 Å². The first-order valence-corrected chi connectivity index (χ1v) is 11.1. The van der Waals surface area contributed by atoms with Crippen molar-refractivity contribution in [3.63, 3.8) is 0 Å². The summed E-state index contributed by atoms with van der Waals surface area (Å²) < 4.78 is 23.6. The first-order valence-electron chi connectivity index (χ1n) is 10.7. The zero-order valence-corrected chi connectivity index (χ0v) is 18.7. The van der Waals surface area contributed by atoms with E-state index in [0.717, 1.165) is 17.5 Å². The lowest BCUT2D eigenvalue weighted by atomic mass is 9.87. The minimum Gasteiger partial charge on any atom is -0.394 e. The third kappa shape index (κ3) is 5.66. The van der Waals surface area contributed by atoms with E-state index >= 15 is 0 Å². The Balaban J connectivity index is 1.97. The second-order valence-electron chi connectivity index (χ2n) is 7.98. The fourth-order valence-electron chi connectivity index (χ4n) is 3.91. The molecule has 0 aliphatic carbocycles. The van der Waals surface area contributed by atoms with Gasteiger partial charge in [-0.1, -0.05) is 48.9 Å². The summed E-state index contributed by atoms with van der Waals surface area (Å²) in [5.74, 6) is 0. The van der Waals surface area contributed by atoms with Crippen LogP contribution in [0.15, 0.2) is 36.4 Å². The van der Waals surface area contributed by atoms with Gasteiger partial charge in [-0.15, -0.1) is 0 Å². The van der Waals surface area contributed by atoms with E-state index < -0.39 is 43.8 Å². The van der Waals surface area contributed by atoms with Crippen LogP contribution in [0.1, 0.15) is 40.8 Å². The maximum Gasteiger partial charge on any atom is 0.113 e. The molecular weight excluding hydrogens is 439 g/mol. The number of aliphatic hydroxyl groups excluding tert-OH is 4. The second-order valence-corrected chi connectivity index (χ2v) is 8.39. The van der Waals surface area contributed by atoms with E-state index in [1.807, 2.05) is 12.1 Å². The van der Waals surface area contributed by atoms with Crippen LogP contribution in [-0.4, -0.2) is 64.7 Å². The molecule has 4 N–H and O–H groups in total. The first-order chi connectivity index (χ1) is 15.4. The predicted octanol–water partition coefficient (Wildman–Crippen LogP) is 2.49. The molecule has 1 aliphatic heterocycles. The molecule has 1 heterocycles. The highest BCUT2D eigenvalue weighted by molar-refractivity contribution is 6.31. The Morgan fingerprint density at radius 1 is 1.00 bits per heavy atom. The lowest BCUT2D eigenvalue weighted by Gasteiger charge is -2.41. The fourth-order valence-corrected chi connectivity index (χ4v) is 4.16. The van der Waals surface area contributed by atoms with Gasteiger partial charge in [-0.2, -0.15) is 0 Å². The average Bonchev–Trinajstić information content (AvgIpc) is 2.80. The van der Waals surface area contributed by atoms with E-state index in [9.17, 15) is 24.8 Å². The summed E-state index contributed by atoms with van der Waals surface area (Å²) in [4.78, 5) is 0. The quantitative estimate of drug-likeness (QED) is 0.422. The van der Waals surface area contributed by atoms with E-state index in [2.05, 4.69) is 19.1 Å². The van der Waals surface area contributed by atoms with Gasteiger partial charge in [0, 0.05) is 5.02 Å². The number of aliphatic hydroxyl groups is 4. The molecule has 32 heavy (non-hydrogen) atoms.